The molecule has 0 radical (unpaired) electrons. The quantitative estimate of drug-likeness (QED) is 0.739. The molecule has 0 aliphatic rings. The first-order chi connectivity index (χ1) is 8.57. The third kappa shape index (κ3) is 3.93. The molecule has 0 fully saturated rings. The number of aliphatic hydroxyl groups excluding tert-OH is 1. The zero-order valence-electron chi connectivity index (χ0n) is 9.29. The number of aliphatic hydroxyl groups is 1. The lowest BCUT2D eigenvalue weighted by molar-refractivity contribution is -0.274. The van der Waals surface area contributed by atoms with Gasteiger partial charge in [-0.25, -0.2) is 8.78 Å². The van der Waals surface area contributed by atoms with Crippen LogP contribution in [0.15, 0.2) is 18.2 Å². The normalized spacial score (nSPS) is 14.3. The number of phenolic OH excluding ortho intramolecular Hbond substituents is 1. The van der Waals surface area contributed by atoms with Crippen LogP contribution in [0.2, 0.25) is 0 Å². The van der Waals surface area contributed by atoms with Gasteiger partial charge in [0.2, 0.25) is 0 Å². The molecule has 0 saturated heterocycles. The molecule has 0 aromatic heterocycles. The van der Waals surface area contributed by atoms with E-state index in [1.165, 1.54) is 0 Å². The second-order valence-corrected chi connectivity index (χ2v) is 3.67. The molecule has 0 aliphatic carbocycles. The van der Waals surface area contributed by atoms with Crippen LogP contribution in [0.3, 0.4) is 0 Å². The van der Waals surface area contributed by atoms with Crippen LogP contribution < -0.4 is 10.5 Å². The Kier molecular flexibility index (Phi) is 4.21. The molecule has 0 bridgehead atoms. The van der Waals surface area contributed by atoms with Crippen LogP contribution in [0.4, 0.5) is 22.0 Å². The highest BCUT2D eigenvalue weighted by Gasteiger charge is 2.39. The summed E-state index contributed by atoms with van der Waals surface area (Å²) >= 11 is 0. The van der Waals surface area contributed by atoms with Crippen LogP contribution in [-0.4, -0.2) is 29.1 Å². The van der Waals surface area contributed by atoms with Crippen molar-refractivity contribution in [2.24, 2.45) is 5.73 Å². The zero-order chi connectivity index (χ0) is 14.8. The highest BCUT2D eigenvalue weighted by atomic mass is 19.4. The molecule has 0 aliphatic heterocycles. The van der Waals surface area contributed by atoms with Crippen molar-refractivity contribution in [3.8, 4) is 11.5 Å². The number of ether oxygens (including phenoxy) is 1. The summed E-state index contributed by atoms with van der Waals surface area (Å²) < 4.78 is 65.7. The minimum absolute atomic E-state index is 0.539. The summed E-state index contributed by atoms with van der Waals surface area (Å²) in [6, 6.07) is -0.147. The van der Waals surface area contributed by atoms with Gasteiger partial charge in [-0.2, -0.15) is 0 Å². The van der Waals surface area contributed by atoms with Crippen molar-refractivity contribution in [3.63, 3.8) is 0 Å². The van der Waals surface area contributed by atoms with Crippen molar-refractivity contribution in [2.45, 2.75) is 18.3 Å². The largest absolute Gasteiger partial charge is 0.573 e. The summed E-state index contributed by atoms with van der Waals surface area (Å²) in [7, 11) is 0. The van der Waals surface area contributed by atoms with Crippen LogP contribution in [0.5, 0.6) is 11.5 Å². The summed E-state index contributed by atoms with van der Waals surface area (Å²) in [5.41, 5.74) is 4.44. The van der Waals surface area contributed by atoms with Gasteiger partial charge in [0.1, 0.15) is 24.1 Å². The number of hydrogen-bond donors (Lipinski definition) is 3. The number of rotatable bonds is 4. The predicted molar refractivity (Wildman–Crippen MR) is 53.8 cm³/mol. The van der Waals surface area contributed by atoms with Gasteiger partial charge in [0.05, 0.1) is 0 Å². The van der Waals surface area contributed by atoms with Crippen LogP contribution in [-0.2, 0) is 0 Å². The Bertz CT molecular complexity index is 449. The van der Waals surface area contributed by atoms with Gasteiger partial charge in [-0.05, 0) is 18.2 Å². The van der Waals surface area contributed by atoms with Crippen LogP contribution in [0, 0.1) is 0 Å². The molecule has 0 spiro atoms. The molecule has 4 nitrogen and oxygen atoms in total. The van der Waals surface area contributed by atoms with Gasteiger partial charge < -0.3 is 20.7 Å². The van der Waals surface area contributed by atoms with Gasteiger partial charge in [0.25, 0.3) is 5.92 Å². The maximum atomic E-state index is 13.1. The van der Waals surface area contributed by atoms with Crippen molar-refractivity contribution < 1.29 is 36.9 Å². The Hall–Kier alpha value is -1.61. The van der Waals surface area contributed by atoms with E-state index in [4.69, 9.17) is 10.8 Å². The first-order valence-electron chi connectivity index (χ1n) is 4.90. The Balaban J connectivity index is 3.11. The van der Waals surface area contributed by atoms with E-state index in [0.29, 0.717) is 6.07 Å². The average Bonchev–Trinajstić information content (AvgIpc) is 2.29. The second-order valence-electron chi connectivity index (χ2n) is 3.67. The molecule has 1 aromatic rings. The Morgan fingerprint density at radius 2 is 1.79 bits per heavy atom. The Morgan fingerprint density at radius 3 is 2.26 bits per heavy atom. The van der Waals surface area contributed by atoms with Crippen LogP contribution in [0.25, 0.3) is 0 Å². The van der Waals surface area contributed by atoms with E-state index in [2.05, 4.69) is 4.74 Å². The lowest BCUT2D eigenvalue weighted by Crippen LogP contribution is -2.36. The molecule has 108 valence electrons. The highest BCUT2D eigenvalue weighted by Crippen LogP contribution is 2.36. The molecule has 0 amide bonds. The van der Waals surface area contributed by atoms with E-state index < -0.39 is 42.0 Å². The van der Waals surface area contributed by atoms with E-state index in [1.54, 1.807) is 0 Å². The average molecular weight is 287 g/mol. The number of halogens is 5. The number of phenols is 1. The molecular formula is C10H10F5NO3. The fourth-order valence-electron chi connectivity index (χ4n) is 1.30. The topological polar surface area (TPSA) is 75.7 Å². The van der Waals surface area contributed by atoms with E-state index >= 15 is 0 Å². The Morgan fingerprint density at radius 1 is 1.21 bits per heavy atom. The van der Waals surface area contributed by atoms with Crippen molar-refractivity contribution in [1.82, 2.24) is 0 Å². The van der Waals surface area contributed by atoms with Crippen LogP contribution >= 0.6 is 0 Å². The summed E-state index contributed by atoms with van der Waals surface area (Å²) in [5.74, 6) is -5.33. The standard InChI is InChI=1S/C10H10F5NO3/c11-9(12,4-17)8(16)6-3-5(1-2-7(6)18)19-10(13,14)15/h1-3,8,17-18H,4,16H2/t8-/m1/s1. The van der Waals surface area contributed by atoms with Gasteiger partial charge >= 0.3 is 6.36 Å². The van der Waals surface area contributed by atoms with Gasteiger partial charge in [-0.15, -0.1) is 13.2 Å². The minimum Gasteiger partial charge on any atom is -0.508 e. The van der Waals surface area contributed by atoms with Gasteiger partial charge in [0, 0.05) is 5.56 Å². The lowest BCUT2D eigenvalue weighted by Gasteiger charge is -2.23. The second kappa shape index (κ2) is 5.17. The first kappa shape index (κ1) is 15.4. The smallest absolute Gasteiger partial charge is 0.508 e. The zero-order valence-corrected chi connectivity index (χ0v) is 9.29. The van der Waals surface area contributed by atoms with Crippen molar-refractivity contribution in [3.05, 3.63) is 23.8 Å². The van der Waals surface area contributed by atoms with Gasteiger partial charge in [-0.1, -0.05) is 0 Å². The fraction of sp³-hybridized carbons (Fsp3) is 0.400. The van der Waals surface area contributed by atoms with Crippen molar-refractivity contribution in [1.29, 1.82) is 0 Å². The first-order valence-corrected chi connectivity index (χ1v) is 4.90. The molecule has 9 heteroatoms. The third-order valence-electron chi connectivity index (χ3n) is 2.23. The SMILES string of the molecule is N[C@H](c1cc(OC(F)(F)F)ccc1O)C(F)(F)CO. The Labute approximate surface area is 104 Å². The van der Waals surface area contributed by atoms with E-state index in [9.17, 15) is 27.1 Å². The lowest BCUT2D eigenvalue weighted by atomic mass is 10.0. The van der Waals surface area contributed by atoms with Crippen LogP contribution in [0.1, 0.15) is 11.6 Å². The summed E-state index contributed by atoms with van der Waals surface area (Å²) in [5, 5.41) is 17.8. The predicted octanol–water partition coefficient (Wildman–Crippen LogP) is 1.92. The number of aromatic hydroxyl groups is 1. The summed E-state index contributed by atoms with van der Waals surface area (Å²) in [4.78, 5) is 0. The molecule has 0 unspecified atom stereocenters. The van der Waals surface area contributed by atoms with E-state index in [1.807, 2.05) is 0 Å². The number of hydrogen-bond acceptors (Lipinski definition) is 4. The van der Waals surface area contributed by atoms with Gasteiger partial charge in [-0.3, -0.25) is 0 Å². The van der Waals surface area contributed by atoms with E-state index in [0.717, 1.165) is 12.1 Å². The molecule has 19 heavy (non-hydrogen) atoms. The number of nitrogens with two attached hydrogens (primary N) is 1. The number of benzene rings is 1. The molecule has 0 saturated carbocycles. The highest BCUT2D eigenvalue weighted by molar-refractivity contribution is 5.42. The maximum absolute atomic E-state index is 13.1. The van der Waals surface area contributed by atoms with E-state index in [-0.39, 0.29) is 0 Å². The summed E-state index contributed by atoms with van der Waals surface area (Å²) in [6.07, 6.45) is -5.00. The molecule has 1 atom stereocenters. The minimum atomic E-state index is -5.00. The van der Waals surface area contributed by atoms with Crippen molar-refractivity contribution >= 4 is 0 Å². The molecule has 4 N–H and O–H groups in total. The monoisotopic (exact) mass is 287 g/mol. The number of alkyl halides is 5. The van der Waals surface area contributed by atoms with Gasteiger partial charge in [0.15, 0.2) is 0 Å². The fourth-order valence-corrected chi connectivity index (χ4v) is 1.30. The third-order valence-corrected chi connectivity index (χ3v) is 2.23. The molecule has 1 rings (SSSR count). The molecule has 1 aromatic carbocycles. The summed E-state index contributed by atoms with van der Waals surface area (Å²) in [6.45, 7) is -1.61. The molecule has 0 heterocycles. The van der Waals surface area contributed by atoms with Crippen molar-refractivity contribution in [2.75, 3.05) is 6.61 Å². The maximum Gasteiger partial charge on any atom is 0.573 e. The molecular weight excluding hydrogens is 277 g/mol.